The Kier molecular flexibility index (Phi) is 3.84. The summed E-state index contributed by atoms with van der Waals surface area (Å²) in [6.45, 7) is 2.38. The van der Waals surface area contributed by atoms with Crippen LogP contribution in [0.4, 0.5) is 5.82 Å². The van der Waals surface area contributed by atoms with Gasteiger partial charge in [0, 0.05) is 39.1 Å². The topological polar surface area (TPSA) is 70.6 Å². The minimum Gasteiger partial charge on any atom is -0.356 e. The Morgan fingerprint density at radius 1 is 1.32 bits per heavy atom. The van der Waals surface area contributed by atoms with Crippen molar-refractivity contribution in [2.45, 2.75) is 12.2 Å². The third kappa shape index (κ3) is 3.09. The van der Waals surface area contributed by atoms with E-state index in [0.29, 0.717) is 18.0 Å². The first-order valence-corrected chi connectivity index (χ1v) is 9.52. The van der Waals surface area contributed by atoms with Crippen molar-refractivity contribution in [2.75, 3.05) is 37.8 Å². The lowest BCUT2D eigenvalue weighted by molar-refractivity contribution is -0.137. The molecular formula is C15H21N3O3S. The lowest BCUT2D eigenvalue weighted by Gasteiger charge is -2.30. The van der Waals surface area contributed by atoms with E-state index in [-0.39, 0.29) is 17.6 Å². The van der Waals surface area contributed by atoms with Crippen molar-refractivity contribution in [2.24, 2.45) is 11.8 Å². The fraction of sp³-hybridized carbons (Fsp3) is 0.600. The van der Waals surface area contributed by atoms with Gasteiger partial charge in [0.2, 0.25) is 5.91 Å². The summed E-state index contributed by atoms with van der Waals surface area (Å²) >= 11 is 0. The van der Waals surface area contributed by atoms with Gasteiger partial charge in [0.15, 0.2) is 9.84 Å². The van der Waals surface area contributed by atoms with Crippen LogP contribution in [0.25, 0.3) is 0 Å². The largest absolute Gasteiger partial charge is 0.356 e. The fourth-order valence-corrected chi connectivity index (χ4v) is 4.15. The number of fused-ring (bicyclic) bond motifs is 1. The number of aromatic nitrogens is 1. The second kappa shape index (κ2) is 5.53. The lowest BCUT2D eigenvalue weighted by atomic mass is 9.88. The van der Waals surface area contributed by atoms with E-state index in [4.69, 9.17) is 0 Å². The number of rotatable bonds is 3. The Hall–Kier alpha value is -1.63. The zero-order valence-corrected chi connectivity index (χ0v) is 13.7. The number of anilines is 1. The molecule has 3 rings (SSSR count). The van der Waals surface area contributed by atoms with Crippen LogP contribution in [-0.2, 0) is 20.4 Å². The first kappa shape index (κ1) is 15.3. The Morgan fingerprint density at radius 3 is 2.73 bits per heavy atom. The van der Waals surface area contributed by atoms with Gasteiger partial charge in [-0.1, -0.05) is 6.07 Å². The first-order chi connectivity index (χ1) is 10.3. The van der Waals surface area contributed by atoms with E-state index in [1.54, 1.807) is 12.3 Å². The Balaban J connectivity index is 1.72. The summed E-state index contributed by atoms with van der Waals surface area (Å²) in [5, 5.41) is 0. The Labute approximate surface area is 131 Å². The molecule has 2 fully saturated rings. The van der Waals surface area contributed by atoms with Gasteiger partial charge >= 0.3 is 0 Å². The van der Waals surface area contributed by atoms with E-state index in [2.05, 4.69) is 9.88 Å². The lowest BCUT2D eigenvalue weighted by Crippen LogP contribution is -2.42. The predicted octanol–water partition coefficient (Wildman–Crippen LogP) is 0.541. The number of pyridine rings is 1. The van der Waals surface area contributed by atoms with Crippen molar-refractivity contribution in [1.29, 1.82) is 0 Å². The molecule has 7 heteroatoms. The van der Waals surface area contributed by atoms with Gasteiger partial charge < -0.3 is 9.80 Å². The van der Waals surface area contributed by atoms with Crippen LogP contribution in [0.1, 0.15) is 12.0 Å². The molecule has 0 unspecified atom stereocenters. The Morgan fingerprint density at radius 2 is 2.09 bits per heavy atom. The van der Waals surface area contributed by atoms with Crippen LogP contribution in [0, 0.1) is 11.8 Å². The summed E-state index contributed by atoms with van der Waals surface area (Å²) < 4.78 is 22.6. The van der Waals surface area contributed by atoms with Gasteiger partial charge in [0.05, 0.1) is 11.7 Å². The highest BCUT2D eigenvalue weighted by atomic mass is 32.2. The summed E-state index contributed by atoms with van der Waals surface area (Å²) in [5.74, 6) is 1.53. The second-order valence-corrected chi connectivity index (χ2v) is 8.55. The van der Waals surface area contributed by atoms with Crippen LogP contribution >= 0.6 is 0 Å². The molecule has 2 saturated heterocycles. The van der Waals surface area contributed by atoms with Crippen molar-refractivity contribution in [1.82, 2.24) is 9.88 Å². The predicted molar refractivity (Wildman–Crippen MR) is 84.2 cm³/mol. The quantitative estimate of drug-likeness (QED) is 0.812. The summed E-state index contributed by atoms with van der Waals surface area (Å²) in [5.41, 5.74) is 0.693. The monoisotopic (exact) mass is 323 g/mol. The highest BCUT2D eigenvalue weighted by molar-refractivity contribution is 7.89. The standard InChI is InChI=1S/C15H21N3O3S/c1-17-6-5-12-8-18(9-13(12)15(17)19)14-4-3-11(7-16-14)10-22(2,20)21/h3-4,7,12-13H,5-6,8-10H2,1-2H3/t12-,13+/m1/s1. The van der Waals surface area contributed by atoms with Crippen LogP contribution < -0.4 is 4.90 Å². The van der Waals surface area contributed by atoms with Gasteiger partial charge in [-0.2, -0.15) is 0 Å². The zero-order chi connectivity index (χ0) is 15.9. The smallest absolute Gasteiger partial charge is 0.227 e. The van der Waals surface area contributed by atoms with Crippen LogP contribution in [0.5, 0.6) is 0 Å². The van der Waals surface area contributed by atoms with Crippen molar-refractivity contribution >= 4 is 21.6 Å². The highest BCUT2D eigenvalue weighted by Crippen LogP contribution is 2.33. The number of likely N-dealkylation sites (tertiary alicyclic amines) is 1. The van der Waals surface area contributed by atoms with Crippen molar-refractivity contribution in [3.8, 4) is 0 Å². The SMILES string of the molecule is CN1CC[C@@H]2CN(c3ccc(CS(C)(=O)=O)cn3)C[C@@H]2C1=O. The van der Waals surface area contributed by atoms with Crippen LogP contribution in [0.2, 0.25) is 0 Å². The Bertz CT molecular complexity index is 672. The van der Waals surface area contributed by atoms with Gasteiger partial charge in [0.1, 0.15) is 5.82 Å². The molecule has 0 aliphatic carbocycles. The molecule has 0 bridgehead atoms. The molecule has 6 nitrogen and oxygen atoms in total. The summed E-state index contributed by atoms with van der Waals surface area (Å²) in [6.07, 6.45) is 3.87. The number of carbonyl (C=O) groups excluding carboxylic acids is 1. The normalized spacial score (nSPS) is 25.5. The third-order valence-corrected chi connectivity index (χ3v) is 5.39. The minimum absolute atomic E-state index is 0.00874. The van der Waals surface area contributed by atoms with E-state index >= 15 is 0 Å². The van der Waals surface area contributed by atoms with Crippen LogP contribution in [0.15, 0.2) is 18.3 Å². The molecule has 0 radical (unpaired) electrons. The minimum atomic E-state index is -3.04. The summed E-state index contributed by atoms with van der Waals surface area (Å²) in [6, 6.07) is 3.66. The van der Waals surface area contributed by atoms with Gasteiger partial charge in [-0.05, 0) is 24.0 Å². The molecule has 0 aromatic carbocycles. The second-order valence-electron chi connectivity index (χ2n) is 6.41. The van der Waals surface area contributed by atoms with E-state index in [0.717, 1.165) is 25.3 Å². The van der Waals surface area contributed by atoms with E-state index < -0.39 is 9.84 Å². The molecule has 3 heterocycles. The fourth-order valence-electron chi connectivity index (χ4n) is 3.38. The highest BCUT2D eigenvalue weighted by Gasteiger charge is 2.42. The van der Waals surface area contributed by atoms with Crippen molar-refractivity contribution in [3.05, 3.63) is 23.9 Å². The van der Waals surface area contributed by atoms with Gasteiger partial charge in [0.25, 0.3) is 0 Å². The van der Waals surface area contributed by atoms with E-state index in [1.807, 2.05) is 18.0 Å². The molecule has 2 aliphatic heterocycles. The van der Waals surface area contributed by atoms with Crippen LogP contribution in [0.3, 0.4) is 0 Å². The number of amides is 1. The van der Waals surface area contributed by atoms with E-state index in [1.165, 1.54) is 6.26 Å². The number of nitrogens with zero attached hydrogens (tertiary/aromatic N) is 3. The number of hydrogen-bond acceptors (Lipinski definition) is 5. The number of hydrogen-bond donors (Lipinski definition) is 0. The maximum absolute atomic E-state index is 12.2. The van der Waals surface area contributed by atoms with Crippen LogP contribution in [-0.4, -0.2) is 57.1 Å². The zero-order valence-electron chi connectivity index (χ0n) is 12.9. The van der Waals surface area contributed by atoms with Gasteiger partial charge in [-0.3, -0.25) is 4.79 Å². The number of carbonyl (C=O) groups is 1. The molecule has 0 saturated carbocycles. The van der Waals surface area contributed by atoms with Gasteiger partial charge in [-0.15, -0.1) is 0 Å². The molecule has 1 amide bonds. The van der Waals surface area contributed by atoms with Gasteiger partial charge in [-0.25, -0.2) is 13.4 Å². The molecule has 0 spiro atoms. The number of piperidine rings is 1. The maximum Gasteiger partial charge on any atom is 0.227 e. The molecular weight excluding hydrogens is 302 g/mol. The molecule has 120 valence electrons. The maximum atomic E-state index is 12.2. The average Bonchev–Trinajstić information content (AvgIpc) is 2.87. The molecule has 0 N–H and O–H groups in total. The summed E-state index contributed by atoms with van der Waals surface area (Å²) in [7, 11) is -1.18. The molecule has 1 aromatic rings. The van der Waals surface area contributed by atoms with E-state index in [9.17, 15) is 13.2 Å². The molecule has 22 heavy (non-hydrogen) atoms. The number of sulfone groups is 1. The molecule has 2 atom stereocenters. The van der Waals surface area contributed by atoms with Crippen molar-refractivity contribution < 1.29 is 13.2 Å². The molecule has 1 aromatic heterocycles. The first-order valence-electron chi connectivity index (χ1n) is 7.46. The molecule has 2 aliphatic rings. The van der Waals surface area contributed by atoms with Crippen molar-refractivity contribution in [3.63, 3.8) is 0 Å². The third-order valence-electron chi connectivity index (χ3n) is 4.53. The summed E-state index contributed by atoms with van der Waals surface area (Å²) in [4.78, 5) is 20.5. The average molecular weight is 323 g/mol.